The van der Waals surface area contributed by atoms with Crippen LogP contribution in [0.15, 0.2) is 95.1 Å². The van der Waals surface area contributed by atoms with Crippen LogP contribution in [0.3, 0.4) is 0 Å². The van der Waals surface area contributed by atoms with Gasteiger partial charge >= 0.3 is 0 Å². The largest absolute Gasteiger partial charge is 0.368 e. The van der Waals surface area contributed by atoms with Crippen molar-refractivity contribution in [1.29, 1.82) is 0 Å². The van der Waals surface area contributed by atoms with Crippen LogP contribution in [0.25, 0.3) is 0 Å². The summed E-state index contributed by atoms with van der Waals surface area (Å²) in [6.07, 6.45) is 3.86. The summed E-state index contributed by atoms with van der Waals surface area (Å²) >= 11 is 0. The maximum absolute atomic E-state index is 14.1. The molecule has 2 aliphatic rings. The minimum absolute atomic E-state index is 0.0590. The number of carbonyl (C=O) groups excluding carboxylic acids is 2. The smallest absolute Gasteiger partial charge is 0.254 e. The molecule has 2 amide bonds. The first-order chi connectivity index (χ1) is 16.8. The Labute approximate surface area is 206 Å². The molecule has 8 heteroatoms. The van der Waals surface area contributed by atoms with Gasteiger partial charge in [-0.25, -0.2) is 4.39 Å². The van der Waals surface area contributed by atoms with E-state index in [2.05, 4.69) is 28.8 Å². The van der Waals surface area contributed by atoms with Gasteiger partial charge in [0.15, 0.2) is 0 Å². The van der Waals surface area contributed by atoms with Crippen molar-refractivity contribution >= 4 is 17.6 Å². The van der Waals surface area contributed by atoms with Gasteiger partial charge in [0.05, 0.1) is 6.54 Å². The van der Waals surface area contributed by atoms with Crippen LogP contribution in [0, 0.1) is 0 Å². The molecule has 0 bridgehead atoms. The highest BCUT2D eigenvalue weighted by atomic mass is 19.1. The third-order valence-electron chi connectivity index (χ3n) is 6.01. The van der Waals surface area contributed by atoms with Crippen molar-refractivity contribution in [2.75, 3.05) is 39.3 Å². The zero-order chi connectivity index (χ0) is 25.4. The fraction of sp³-hybridized carbons (Fsp3) is 0.296. The van der Waals surface area contributed by atoms with Crippen molar-refractivity contribution in [1.82, 2.24) is 20.4 Å². The molecule has 0 aromatic heterocycles. The molecule has 0 spiro atoms. The molecule has 7 nitrogen and oxygen atoms in total. The SMILES string of the molecule is C=C/C(F)=C/C(=C\N/C(C)=C(/C)C1=NCCN1)C(=C)C(=O)N1CCN(C(=O)c2ccccc2)CC1. The molecule has 0 unspecified atom stereocenters. The maximum Gasteiger partial charge on any atom is 0.254 e. The van der Waals surface area contributed by atoms with E-state index in [0.29, 0.717) is 37.3 Å². The normalized spacial score (nSPS) is 17.3. The molecule has 184 valence electrons. The zero-order valence-electron chi connectivity index (χ0n) is 20.3. The third-order valence-corrected chi connectivity index (χ3v) is 6.01. The molecule has 0 radical (unpaired) electrons. The van der Waals surface area contributed by atoms with E-state index in [1.54, 1.807) is 28.1 Å². The third kappa shape index (κ3) is 6.56. The van der Waals surface area contributed by atoms with Gasteiger partial charge in [0.2, 0.25) is 0 Å². The number of amidine groups is 1. The van der Waals surface area contributed by atoms with E-state index < -0.39 is 5.83 Å². The summed E-state index contributed by atoms with van der Waals surface area (Å²) < 4.78 is 14.1. The summed E-state index contributed by atoms with van der Waals surface area (Å²) in [5, 5.41) is 6.35. The molecule has 0 atom stereocenters. The molecule has 1 fully saturated rings. The average molecular weight is 478 g/mol. The van der Waals surface area contributed by atoms with Crippen LogP contribution in [-0.2, 0) is 4.79 Å². The summed E-state index contributed by atoms with van der Waals surface area (Å²) in [4.78, 5) is 33.6. The summed E-state index contributed by atoms with van der Waals surface area (Å²) in [7, 11) is 0. The van der Waals surface area contributed by atoms with Gasteiger partial charge in [0.1, 0.15) is 11.7 Å². The number of halogens is 1. The number of carbonyl (C=O) groups is 2. The highest BCUT2D eigenvalue weighted by Crippen LogP contribution is 2.18. The summed E-state index contributed by atoms with van der Waals surface area (Å²) in [6.45, 7) is 14.3. The second kappa shape index (κ2) is 12.0. The van der Waals surface area contributed by atoms with Crippen LogP contribution < -0.4 is 10.6 Å². The molecule has 1 aromatic rings. The van der Waals surface area contributed by atoms with Gasteiger partial charge in [-0.1, -0.05) is 31.4 Å². The van der Waals surface area contributed by atoms with Crippen LogP contribution in [-0.4, -0.2) is 66.7 Å². The van der Waals surface area contributed by atoms with Crippen LogP contribution in [0.5, 0.6) is 0 Å². The van der Waals surface area contributed by atoms with Gasteiger partial charge < -0.3 is 20.4 Å². The van der Waals surface area contributed by atoms with Crippen molar-refractivity contribution in [2.24, 2.45) is 4.99 Å². The Morgan fingerprint density at radius 2 is 1.77 bits per heavy atom. The molecule has 35 heavy (non-hydrogen) atoms. The number of rotatable bonds is 8. The minimum atomic E-state index is -0.578. The minimum Gasteiger partial charge on any atom is -0.368 e. The van der Waals surface area contributed by atoms with E-state index in [4.69, 9.17) is 0 Å². The predicted molar refractivity (Wildman–Crippen MR) is 137 cm³/mol. The number of benzene rings is 1. The monoisotopic (exact) mass is 477 g/mol. The Kier molecular flexibility index (Phi) is 8.78. The molecule has 0 saturated carbocycles. The average Bonchev–Trinajstić information content (AvgIpc) is 3.44. The molecular weight excluding hydrogens is 445 g/mol. The van der Waals surface area contributed by atoms with Gasteiger partial charge in [0, 0.05) is 66.9 Å². The molecule has 1 aromatic carbocycles. The Hall–Kier alpha value is -3.94. The van der Waals surface area contributed by atoms with E-state index >= 15 is 0 Å². The molecule has 2 heterocycles. The highest BCUT2D eigenvalue weighted by Gasteiger charge is 2.26. The maximum atomic E-state index is 14.1. The first-order valence-electron chi connectivity index (χ1n) is 11.6. The van der Waals surface area contributed by atoms with Gasteiger partial charge in [0.25, 0.3) is 11.8 Å². The number of hydrogen-bond donors (Lipinski definition) is 2. The van der Waals surface area contributed by atoms with E-state index in [0.717, 1.165) is 36.3 Å². The zero-order valence-corrected chi connectivity index (χ0v) is 20.3. The number of allylic oxidation sites excluding steroid dienone is 4. The summed E-state index contributed by atoms with van der Waals surface area (Å²) in [5.41, 5.74) is 2.83. The van der Waals surface area contributed by atoms with Crippen molar-refractivity contribution in [3.8, 4) is 0 Å². The topological polar surface area (TPSA) is 77.0 Å². The van der Waals surface area contributed by atoms with Crippen LogP contribution >= 0.6 is 0 Å². The molecular formula is C27H32FN5O2. The fourth-order valence-electron chi connectivity index (χ4n) is 3.73. The lowest BCUT2D eigenvalue weighted by atomic mass is 10.1. The number of piperazine rings is 1. The summed E-state index contributed by atoms with van der Waals surface area (Å²) in [6, 6.07) is 9.07. The Morgan fingerprint density at radius 1 is 1.11 bits per heavy atom. The Balaban J connectivity index is 1.69. The van der Waals surface area contributed by atoms with Crippen molar-refractivity contribution < 1.29 is 14.0 Å². The van der Waals surface area contributed by atoms with E-state index in [1.807, 2.05) is 32.0 Å². The lowest BCUT2D eigenvalue weighted by Gasteiger charge is -2.35. The van der Waals surface area contributed by atoms with E-state index in [1.165, 1.54) is 6.08 Å². The lowest BCUT2D eigenvalue weighted by molar-refractivity contribution is -0.128. The quantitative estimate of drug-likeness (QED) is 0.445. The molecule has 1 saturated heterocycles. The van der Waals surface area contributed by atoms with Gasteiger partial charge in [-0.3, -0.25) is 14.6 Å². The molecule has 3 rings (SSSR count). The van der Waals surface area contributed by atoms with Gasteiger partial charge in [-0.15, -0.1) is 0 Å². The predicted octanol–water partition coefficient (Wildman–Crippen LogP) is 3.34. The first kappa shape index (κ1) is 25.7. The molecule has 2 N–H and O–H groups in total. The number of nitrogens with zero attached hydrogens (tertiary/aromatic N) is 3. The van der Waals surface area contributed by atoms with E-state index in [9.17, 15) is 14.0 Å². The van der Waals surface area contributed by atoms with Crippen molar-refractivity contribution in [2.45, 2.75) is 13.8 Å². The van der Waals surface area contributed by atoms with E-state index in [-0.39, 0.29) is 17.4 Å². The number of amides is 2. The van der Waals surface area contributed by atoms with Crippen LogP contribution in [0.4, 0.5) is 4.39 Å². The standard InChI is InChI=1S/C27H32FN5O2/c1-5-24(28)17-23(18-31-21(4)19(2)25-29-11-12-30-25)20(3)26(34)32-13-15-33(16-14-32)27(35)22-9-7-6-8-10-22/h5-10,17-18,31H,1,3,11-16H2,2,4H3,(H,29,30)/b21-19-,23-18+,24-17-. The second-order valence-corrected chi connectivity index (χ2v) is 8.31. The Bertz CT molecular complexity index is 1110. The van der Waals surface area contributed by atoms with Crippen molar-refractivity contribution in [3.05, 3.63) is 95.6 Å². The summed E-state index contributed by atoms with van der Waals surface area (Å²) in [5.74, 6) is -0.129. The van der Waals surface area contributed by atoms with Gasteiger partial charge in [-0.05, 0) is 38.1 Å². The number of aliphatic imine (C=N–C) groups is 1. The second-order valence-electron chi connectivity index (χ2n) is 8.31. The van der Waals surface area contributed by atoms with Crippen molar-refractivity contribution in [3.63, 3.8) is 0 Å². The first-order valence-corrected chi connectivity index (χ1v) is 11.6. The fourth-order valence-corrected chi connectivity index (χ4v) is 3.73. The molecule has 2 aliphatic heterocycles. The van der Waals surface area contributed by atoms with Crippen LogP contribution in [0.1, 0.15) is 24.2 Å². The molecule has 0 aliphatic carbocycles. The number of hydrogen-bond acceptors (Lipinski definition) is 5. The Morgan fingerprint density at radius 3 is 2.37 bits per heavy atom. The van der Waals surface area contributed by atoms with Gasteiger partial charge in [-0.2, -0.15) is 0 Å². The highest BCUT2D eigenvalue weighted by molar-refractivity contribution is 6.00. The van der Waals surface area contributed by atoms with Crippen LogP contribution in [0.2, 0.25) is 0 Å². The number of nitrogens with one attached hydrogen (secondary N) is 2. The lowest BCUT2D eigenvalue weighted by Crippen LogP contribution is -2.51.